The molecule has 0 bridgehead atoms. The second-order valence-electron chi connectivity index (χ2n) is 6.52. The zero-order valence-corrected chi connectivity index (χ0v) is 14.0. The third kappa shape index (κ3) is 5.98. The van der Waals surface area contributed by atoms with Crippen molar-refractivity contribution < 1.29 is 9.13 Å². The summed E-state index contributed by atoms with van der Waals surface area (Å²) in [7, 11) is 1.68. The lowest BCUT2D eigenvalue weighted by molar-refractivity contribution is 0.203. The summed E-state index contributed by atoms with van der Waals surface area (Å²) in [6, 6.07) is 1.83. The van der Waals surface area contributed by atoms with Crippen molar-refractivity contribution in [2.24, 2.45) is 0 Å². The molecule has 0 atom stereocenters. The molecule has 0 aromatic carbocycles. The fraction of sp³-hybridized carbons (Fsp3) is 0.688. The van der Waals surface area contributed by atoms with E-state index < -0.39 is 0 Å². The van der Waals surface area contributed by atoms with Crippen LogP contribution in [0.3, 0.4) is 0 Å². The lowest BCUT2D eigenvalue weighted by atomic mass is 10.1. The Labute approximate surface area is 127 Å². The van der Waals surface area contributed by atoms with Crippen LogP contribution < -0.4 is 10.2 Å². The van der Waals surface area contributed by atoms with Crippen LogP contribution in [0.5, 0.6) is 0 Å². The maximum atomic E-state index is 13.6. The number of hydrogen-bond donors (Lipinski definition) is 1. The number of rotatable bonds is 7. The molecule has 5 heteroatoms. The van der Waals surface area contributed by atoms with E-state index in [1.54, 1.807) is 13.2 Å². The number of pyridine rings is 1. The molecule has 1 heterocycles. The summed E-state index contributed by atoms with van der Waals surface area (Å²) < 4.78 is 18.7. The van der Waals surface area contributed by atoms with Gasteiger partial charge in [0.25, 0.3) is 0 Å². The van der Waals surface area contributed by atoms with E-state index >= 15 is 0 Å². The fourth-order valence-corrected chi connectivity index (χ4v) is 2.02. The minimum Gasteiger partial charge on any atom is -0.383 e. The molecule has 0 unspecified atom stereocenters. The van der Waals surface area contributed by atoms with E-state index in [0.717, 1.165) is 17.9 Å². The Hall–Kier alpha value is -1.20. The van der Waals surface area contributed by atoms with Crippen molar-refractivity contribution in [3.8, 4) is 0 Å². The zero-order valence-electron chi connectivity index (χ0n) is 14.0. The van der Waals surface area contributed by atoms with Gasteiger partial charge in [-0.05, 0) is 40.7 Å². The molecule has 4 nitrogen and oxygen atoms in total. The topological polar surface area (TPSA) is 37.4 Å². The molecule has 21 heavy (non-hydrogen) atoms. The van der Waals surface area contributed by atoms with E-state index in [9.17, 15) is 4.39 Å². The van der Waals surface area contributed by atoms with Gasteiger partial charge in [0.2, 0.25) is 0 Å². The first-order chi connectivity index (χ1) is 9.74. The predicted molar refractivity (Wildman–Crippen MR) is 85.1 cm³/mol. The maximum absolute atomic E-state index is 13.6. The van der Waals surface area contributed by atoms with Gasteiger partial charge in [0.05, 0.1) is 12.8 Å². The van der Waals surface area contributed by atoms with Crippen LogP contribution in [-0.4, -0.2) is 36.8 Å². The average Bonchev–Trinajstić information content (AvgIpc) is 2.37. The van der Waals surface area contributed by atoms with Gasteiger partial charge in [-0.25, -0.2) is 9.37 Å². The van der Waals surface area contributed by atoms with Gasteiger partial charge in [-0.3, -0.25) is 0 Å². The lowest BCUT2D eigenvalue weighted by Crippen LogP contribution is -2.38. The number of hydrogen-bond acceptors (Lipinski definition) is 4. The molecular weight excluding hydrogens is 269 g/mol. The van der Waals surface area contributed by atoms with E-state index in [2.05, 4.69) is 49.8 Å². The molecule has 0 spiro atoms. The number of halogens is 1. The van der Waals surface area contributed by atoms with Crippen LogP contribution in [0.1, 0.15) is 40.2 Å². The van der Waals surface area contributed by atoms with Crippen LogP contribution >= 0.6 is 0 Å². The van der Waals surface area contributed by atoms with Crippen LogP contribution in [-0.2, 0) is 11.3 Å². The van der Waals surface area contributed by atoms with Crippen molar-refractivity contribution in [2.75, 3.05) is 25.2 Å². The molecule has 120 valence electrons. The largest absolute Gasteiger partial charge is 0.383 e. The normalized spacial score (nSPS) is 12.0. The van der Waals surface area contributed by atoms with Gasteiger partial charge >= 0.3 is 0 Å². The van der Waals surface area contributed by atoms with Crippen molar-refractivity contribution >= 4 is 5.82 Å². The lowest BCUT2D eigenvalue weighted by Gasteiger charge is -2.30. The minimum atomic E-state index is -0.306. The fourth-order valence-electron chi connectivity index (χ4n) is 2.02. The highest BCUT2D eigenvalue weighted by Crippen LogP contribution is 2.21. The molecule has 0 aliphatic heterocycles. The summed E-state index contributed by atoms with van der Waals surface area (Å²) in [4.78, 5) is 6.45. The molecule has 0 aliphatic rings. The molecule has 0 aliphatic carbocycles. The second-order valence-corrected chi connectivity index (χ2v) is 6.52. The summed E-state index contributed by atoms with van der Waals surface area (Å²) in [5, 5.41) is 3.39. The van der Waals surface area contributed by atoms with Crippen LogP contribution in [0.25, 0.3) is 0 Å². The van der Waals surface area contributed by atoms with Crippen LogP contribution in [0.4, 0.5) is 10.2 Å². The van der Waals surface area contributed by atoms with Crippen LogP contribution in [0.2, 0.25) is 0 Å². The van der Waals surface area contributed by atoms with Gasteiger partial charge in [-0.1, -0.05) is 0 Å². The molecule has 0 radical (unpaired) electrons. The molecule has 0 fully saturated rings. The Balaban J connectivity index is 3.02. The molecule has 1 aromatic rings. The van der Waals surface area contributed by atoms with Gasteiger partial charge < -0.3 is 15.0 Å². The quantitative estimate of drug-likeness (QED) is 0.839. The van der Waals surface area contributed by atoms with Gasteiger partial charge in [0.1, 0.15) is 11.6 Å². The average molecular weight is 297 g/mol. The molecular formula is C16H28FN3O. The predicted octanol–water partition coefficient (Wildman–Crippen LogP) is 2.97. The van der Waals surface area contributed by atoms with E-state index in [4.69, 9.17) is 4.74 Å². The van der Waals surface area contributed by atoms with Gasteiger partial charge in [0, 0.05) is 37.3 Å². The van der Waals surface area contributed by atoms with Crippen molar-refractivity contribution in [1.82, 2.24) is 10.3 Å². The van der Waals surface area contributed by atoms with Crippen molar-refractivity contribution in [1.29, 1.82) is 0 Å². The van der Waals surface area contributed by atoms with Gasteiger partial charge in [-0.15, -0.1) is 0 Å². The summed E-state index contributed by atoms with van der Waals surface area (Å²) in [5.74, 6) is 0.514. The molecule has 0 amide bonds. The Morgan fingerprint density at radius 1 is 1.38 bits per heavy atom. The summed E-state index contributed by atoms with van der Waals surface area (Å²) in [6.45, 7) is 12.4. The van der Waals surface area contributed by atoms with Crippen molar-refractivity contribution in [3.63, 3.8) is 0 Å². The van der Waals surface area contributed by atoms with Gasteiger partial charge in [0.15, 0.2) is 0 Å². The van der Waals surface area contributed by atoms with Crippen molar-refractivity contribution in [3.05, 3.63) is 23.6 Å². The minimum absolute atomic E-state index is 0.0290. The smallest absolute Gasteiger partial charge is 0.141 e. The molecule has 0 saturated carbocycles. The zero-order chi connectivity index (χ0) is 16.0. The first-order valence-electron chi connectivity index (χ1n) is 7.39. The summed E-state index contributed by atoms with van der Waals surface area (Å²) in [5.41, 5.74) is 0.841. The third-order valence-corrected chi connectivity index (χ3v) is 3.15. The summed E-state index contributed by atoms with van der Waals surface area (Å²) >= 11 is 0. The Bertz CT molecular complexity index is 444. The van der Waals surface area contributed by atoms with E-state index in [1.165, 1.54) is 6.20 Å². The van der Waals surface area contributed by atoms with E-state index in [0.29, 0.717) is 13.2 Å². The Kier molecular flexibility index (Phi) is 6.55. The number of ether oxygens (including phenoxy) is 1. The van der Waals surface area contributed by atoms with Crippen molar-refractivity contribution in [2.45, 2.75) is 52.7 Å². The first-order valence-corrected chi connectivity index (χ1v) is 7.39. The highest BCUT2D eigenvalue weighted by molar-refractivity contribution is 5.47. The summed E-state index contributed by atoms with van der Waals surface area (Å²) in [6.07, 6.45) is 1.28. The third-order valence-electron chi connectivity index (χ3n) is 3.15. The second kappa shape index (κ2) is 7.71. The standard InChI is InChI=1S/C16H28FN3O/c1-12(2)20(7-8-21-6)15-13(9-14(17)11-18-15)10-19-16(3,4)5/h9,11-12,19H,7-8,10H2,1-6H3. The molecule has 0 saturated heterocycles. The molecule has 1 aromatic heterocycles. The molecule has 1 N–H and O–H groups in total. The van der Waals surface area contributed by atoms with E-state index in [-0.39, 0.29) is 17.4 Å². The number of nitrogens with zero attached hydrogens (tertiary/aromatic N) is 2. The SMILES string of the molecule is COCCN(c1ncc(F)cc1CNC(C)(C)C)C(C)C. The van der Waals surface area contributed by atoms with Crippen LogP contribution in [0, 0.1) is 5.82 Å². The number of anilines is 1. The highest BCUT2D eigenvalue weighted by atomic mass is 19.1. The first kappa shape index (κ1) is 17.9. The number of nitrogens with one attached hydrogen (secondary N) is 1. The van der Waals surface area contributed by atoms with Crippen LogP contribution in [0.15, 0.2) is 12.3 Å². The highest BCUT2D eigenvalue weighted by Gasteiger charge is 2.18. The number of aromatic nitrogens is 1. The van der Waals surface area contributed by atoms with Gasteiger partial charge in [-0.2, -0.15) is 0 Å². The molecule has 1 rings (SSSR count). The maximum Gasteiger partial charge on any atom is 0.141 e. The Morgan fingerprint density at radius 2 is 2.05 bits per heavy atom. The number of methoxy groups -OCH3 is 1. The monoisotopic (exact) mass is 297 g/mol. The van der Waals surface area contributed by atoms with E-state index in [1.807, 2.05) is 0 Å². The Morgan fingerprint density at radius 3 is 2.57 bits per heavy atom.